The number of fused-ring (bicyclic) bond motifs is 1. The van der Waals surface area contributed by atoms with Crippen LogP contribution in [-0.2, 0) is 10.5 Å². The number of ketones is 1. The molecule has 0 saturated carbocycles. The topological polar surface area (TPSA) is 116 Å². The van der Waals surface area contributed by atoms with Crippen molar-refractivity contribution < 1.29 is 9.72 Å². The van der Waals surface area contributed by atoms with Crippen LogP contribution in [0.15, 0.2) is 65.1 Å². The number of nitrogens with zero attached hydrogens (tertiary/aromatic N) is 5. The smallest absolute Gasteiger partial charge is 0.269 e. The zero-order chi connectivity index (χ0) is 21.4. The van der Waals surface area contributed by atoms with Crippen molar-refractivity contribution in [1.29, 1.82) is 0 Å². The maximum atomic E-state index is 12.9. The maximum Gasteiger partial charge on any atom is 0.269 e. The van der Waals surface area contributed by atoms with Gasteiger partial charge < -0.3 is 5.32 Å². The minimum Gasteiger partial charge on any atom is -0.328 e. The summed E-state index contributed by atoms with van der Waals surface area (Å²) in [5, 5.41) is 19.8. The lowest BCUT2D eigenvalue weighted by molar-refractivity contribution is -0.384. The van der Waals surface area contributed by atoms with Gasteiger partial charge in [0, 0.05) is 41.8 Å². The van der Waals surface area contributed by atoms with E-state index in [9.17, 15) is 14.9 Å². The maximum absolute atomic E-state index is 12.9. The van der Waals surface area contributed by atoms with Gasteiger partial charge in [-0.05, 0) is 30.5 Å². The molecule has 1 N–H and O–H groups in total. The molecule has 0 radical (unpaired) electrons. The largest absolute Gasteiger partial charge is 0.328 e. The first-order valence-electron chi connectivity index (χ1n) is 9.87. The van der Waals surface area contributed by atoms with Crippen LogP contribution >= 0.6 is 11.8 Å². The van der Waals surface area contributed by atoms with Gasteiger partial charge in [0.25, 0.3) is 5.69 Å². The van der Waals surface area contributed by atoms with E-state index in [-0.39, 0.29) is 11.5 Å². The number of carbonyl (C=O) groups excluding carboxylic acids is 1. The van der Waals surface area contributed by atoms with E-state index in [1.165, 1.54) is 23.9 Å². The molecule has 0 unspecified atom stereocenters. The van der Waals surface area contributed by atoms with Gasteiger partial charge in [-0.1, -0.05) is 30.0 Å². The Morgan fingerprint density at radius 2 is 2.13 bits per heavy atom. The highest BCUT2D eigenvalue weighted by Crippen LogP contribution is 2.41. The summed E-state index contributed by atoms with van der Waals surface area (Å²) in [6.07, 6.45) is 3.69. The first-order valence-corrected chi connectivity index (χ1v) is 10.9. The average molecular weight is 434 g/mol. The summed E-state index contributed by atoms with van der Waals surface area (Å²) in [5.74, 6) is 1.18. The van der Waals surface area contributed by atoms with Crippen molar-refractivity contribution in [2.24, 2.45) is 0 Å². The Balaban J connectivity index is 1.54. The number of hydrogen-bond acceptors (Lipinski definition) is 8. The Kier molecular flexibility index (Phi) is 4.99. The normalized spacial score (nSPS) is 17.7. The number of rotatable bonds is 5. The highest BCUT2D eigenvalue weighted by atomic mass is 32.2. The second-order valence-electron chi connectivity index (χ2n) is 7.32. The lowest BCUT2D eigenvalue weighted by Crippen LogP contribution is -2.31. The Bertz CT molecular complexity index is 1210. The summed E-state index contributed by atoms with van der Waals surface area (Å²) in [7, 11) is 0. The molecule has 3 aromatic rings. The second-order valence-corrected chi connectivity index (χ2v) is 8.26. The number of carbonyl (C=O) groups is 1. The first kappa shape index (κ1) is 19.4. The quantitative estimate of drug-likeness (QED) is 0.365. The van der Waals surface area contributed by atoms with Crippen LogP contribution in [0.4, 0.5) is 11.6 Å². The van der Waals surface area contributed by atoms with Crippen LogP contribution in [0.3, 0.4) is 0 Å². The molecule has 0 amide bonds. The van der Waals surface area contributed by atoms with Crippen molar-refractivity contribution in [2.75, 3.05) is 5.32 Å². The monoisotopic (exact) mass is 434 g/mol. The van der Waals surface area contributed by atoms with Crippen molar-refractivity contribution in [3.8, 4) is 0 Å². The van der Waals surface area contributed by atoms with E-state index < -0.39 is 11.0 Å². The number of nitro groups is 1. The van der Waals surface area contributed by atoms with Crippen LogP contribution in [0, 0.1) is 10.1 Å². The number of benzene rings is 1. The molecule has 1 aliphatic heterocycles. The third kappa shape index (κ3) is 3.70. The van der Waals surface area contributed by atoms with Crippen molar-refractivity contribution in [2.45, 2.75) is 36.2 Å². The first-order chi connectivity index (χ1) is 15.1. The van der Waals surface area contributed by atoms with Gasteiger partial charge in [0.2, 0.25) is 11.1 Å². The molecule has 0 saturated heterocycles. The second kappa shape index (κ2) is 7.95. The number of thioether (sulfide) groups is 1. The van der Waals surface area contributed by atoms with E-state index in [1.54, 1.807) is 23.0 Å². The molecular weight excluding hydrogens is 416 g/mol. The zero-order valence-corrected chi connectivity index (χ0v) is 17.2. The van der Waals surface area contributed by atoms with E-state index in [0.717, 1.165) is 24.2 Å². The van der Waals surface area contributed by atoms with E-state index in [2.05, 4.69) is 20.4 Å². The van der Waals surface area contributed by atoms with E-state index >= 15 is 0 Å². The van der Waals surface area contributed by atoms with Crippen molar-refractivity contribution in [3.05, 3.63) is 81.3 Å². The van der Waals surface area contributed by atoms with Crippen LogP contribution in [0.1, 0.15) is 36.6 Å². The van der Waals surface area contributed by atoms with Gasteiger partial charge in [0.05, 0.1) is 10.6 Å². The Labute approximate surface area is 181 Å². The van der Waals surface area contributed by atoms with Gasteiger partial charge in [-0.15, -0.1) is 5.10 Å². The fourth-order valence-corrected chi connectivity index (χ4v) is 4.68. The summed E-state index contributed by atoms with van der Waals surface area (Å²) in [6, 6.07) is 11.6. The number of nitrogens with one attached hydrogen (secondary N) is 1. The molecule has 156 valence electrons. The summed E-state index contributed by atoms with van der Waals surface area (Å²) in [4.78, 5) is 32.7. The molecule has 3 heterocycles. The minimum absolute atomic E-state index is 0.0205. The predicted molar refractivity (Wildman–Crippen MR) is 115 cm³/mol. The molecule has 0 bridgehead atoms. The summed E-state index contributed by atoms with van der Waals surface area (Å²) in [6.45, 7) is 0. The number of nitro benzene ring substituents is 1. The van der Waals surface area contributed by atoms with Gasteiger partial charge >= 0.3 is 0 Å². The third-order valence-corrected chi connectivity index (χ3v) is 6.19. The number of aromatic nitrogens is 4. The van der Waals surface area contributed by atoms with Crippen LogP contribution in [0.5, 0.6) is 0 Å². The summed E-state index contributed by atoms with van der Waals surface area (Å²) >= 11 is 1.45. The van der Waals surface area contributed by atoms with Crippen molar-refractivity contribution >= 4 is 29.2 Å². The summed E-state index contributed by atoms with van der Waals surface area (Å²) in [5.41, 5.74) is 2.98. The molecule has 5 rings (SSSR count). The van der Waals surface area contributed by atoms with Crippen LogP contribution in [0.25, 0.3) is 0 Å². The Morgan fingerprint density at radius 1 is 1.23 bits per heavy atom. The predicted octanol–water partition coefficient (Wildman–Crippen LogP) is 3.90. The molecule has 10 heteroatoms. The highest BCUT2D eigenvalue weighted by molar-refractivity contribution is 7.98. The lowest BCUT2D eigenvalue weighted by Gasteiger charge is -2.32. The third-order valence-electron chi connectivity index (χ3n) is 5.32. The van der Waals surface area contributed by atoms with Gasteiger partial charge in [0.1, 0.15) is 6.04 Å². The van der Waals surface area contributed by atoms with E-state index in [4.69, 9.17) is 0 Å². The van der Waals surface area contributed by atoms with Gasteiger partial charge in [-0.3, -0.25) is 19.9 Å². The fourth-order valence-electron chi connectivity index (χ4n) is 3.94. The molecule has 31 heavy (non-hydrogen) atoms. The molecule has 1 atom stereocenters. The van der Waals surface area contributed by atoms with Crippen molar-refractivity contribution in [1.82, 2.24) is 19.7 Å². The number of pyridine rings is 1. The van der Waals surface area contributed by atoms with Crippen LogP contribution < -0.4 is 5.32 Å². The molecule has 9 nitrogen and oxygen atoms in total. The molecule has 1 aliphatic carbocycles. The molecule has 2 aliphatic rings. The zero-order valence-electron chi connectivity index (χ0n) is 16.4. The molecular formula is C21H18N6O3S. The molecule has 0 fully saturated rings. The number of hydrogen-bond donors (Lipinski definition) is 1. The van der Waals surface area contributed by atoms with Gasteiger partial charge in [0.15, 0.2) is 5.78 Å². The number of Topliss-reactive ketones (excluding diaryl/α,β-unsaturated/α-hetero) is 1. The average Bonchev–Trinajstić information content (AvgIpc) is 3.20. The number of anilines is 1. The minimum atomic E-state index is -0.546. The van der Waals surface area contributed by atoms with Crippen molar-refractivity contribution in [3.63, 3.8) is 0 Å². The lowest BCUT2D eigenvalue weighted by atomic mass is 9.85. The number of allylic oxidation sites excluding steroid dienone is 2. The van der Waals surface area contributed by atoms with Gasteiger partial charge in [-0.25, -0.2) is 4.68 Å². The standard InChI is InChI=1S/C21H18N6O3S/c28-17-9-4-8-16-18(17)19(13-5-3-7-15(11-13)27(29)30)26-20(23-16)24-21(25-26)31-12-14-6-1-2-10-22-14/h1-3,5-7,10-11,19H,4,8-9,12H2,(H,23,24,25)/t19-/m0/s1. The van der Waals surface area contributed by atoms with Crippen LogP contribution in [0.2, 0.25) is 0 Å². The fraction of sp³-hybridized carbons (Fsp3) is 0.238. The van der Waals surface area contributed by atoms with Crippen LogP contribution in [-0.4, -0.2) is 30.5 Å². The highest BCUT2D eigenvalue weighted by Gasteiger charge is 2.37. The molecule has 2 aromatic heterocycles. The molecule has 1 aromatic carbocycles. The SMILES string of the molecule is O=C1CCCC2=C1[C@H](c1cccc([N+](=O)[O-])c1)n1nc(SCc3ccccn3)nc1N2. The Hall–Kier alpha value is -3.53. The van der Waals surface area contributed by atoms with E-state index in [1.807, 2.05) is 18.2 Å². The Morgan fingerprint density at radius 3 is 2.94 bits per heavy atom. The van der Waals surface area contributed by atoms with Gasteiger partial charge in [-0.2, -0.15) is 4.98 Å². The number of non-ortho nitro benzene ring substituents is 1. The molecule has 0 spiro atoms. The summed E-state index contributed by atoms with van der Waals surface area (Å²) < 4.78 is 1.67. The van der Waals surface area contributed by atoms with E-state index in [0.29, 0.717) is 34.4 Å².